The first-order valence-corrected chi connectivity index (χ1v) is 9.00. The SMILES string of the molecule is Cc1ccc(CNc2cnc(C(=O)Nc3ccc4c(c3)OCCO4)cn2)cc1. The number of carbonyl (C=O) groups excluding carboxylic acids is 1. The third-order valence-corrected chi connectivity index (χ3v) is 4.28. The van der Waals surface area contributed by atoms with E-state index in [-0.39, 0.29) is 11.6 Å². The number of aromatic nitrogens is 2. The molecule has 0 aliphatic carbocycles. The highest BCUT2D eigenvalue weighted by Crippen LogP contribution is 2.32. The quantitative estimate of drug-likeness (QED) is 0.710. The first kappa shape index (κ1) is 17.8. The lowest BCUT2D eigenvalue weighted by molar-refractivity contribution is 0.102. The number of rotatable bonds is 5. The number of nitrogens with zero attached hydrogens (tertiary/aromatic N) is 2. The highest BCUT2D eigenvalue weighted by Gasteiger charge is 2.14. The predicted molar refractivity (Wildman–Crippen MR) is 106 cm³/mol. The van der Waals surface area contributed by atoms with Gasteiger partial charge in [0.25, 0.3) is 5.91 Å². The second-order valence-corrected chi connectivity index (χ2v) is 6.44. The van der Waals surface area contributed by atoms with Gasteiger partial charge in [-0.2, -0.15) is 0 Å². The van der Waals surface area contributed by atoms with Crippen molar-refractivity contribution in [1.29, 1.82) is 0 Å². The van der Waals surface area contributed by atoms with Crippen molar-refractivity contribution in [3.8, 4) is 11.5 Å². The van der Waals surface area contributed by atoms with Crippen LogP contribution in [0.1, 0.15) is 21.6 Å². The van der Waals surface area contributed by atoms with Crippen molar-refractivity contribution in [2.24, 2.45) is 0 Å². The number of ether oxygens (including phenoxy) is 2. The molecule has 1 aliphatic rings. The Kier molecular flexibility index (Phi) is 5.05. The van der Waals surface area contributed by atoms with Crippen molar-refractivity contribution >= 4 is 17.4 Å². The third kappa shape index (κ3) is 4.20. The van der Waals surface area contributed by atoms with E-state index < -0.39 is 0 Å². The standard InChI is InChI=1S/C21H20N4O3/c1-14-2-4-15(5-3-14)11-23-20-13-22-17(12-24-20)21(26)25-16-6-7-18-19(10-16)28-9-8-27-18/h2-7,10,12-13H,8-9,11H2,1H3,(H,23,24)(H,25,26). The number of benzene rings is 2. The molecule has 2 N–H and O–H groups in total. The lowest BCUT2D eigenvalue weighted by atomic mass is 10.1. The van der Waals surface area contributed by atoms with E-state index in [9.17, 15) is 4.79 Å². The Morgan fingerprint density at radius 3 is 2.54 bits per heavy atom. The van der Waals surface area contributed by atoms with Crippen molar-refractivity contribution in [2.75, 3.05) is 23.8 Å². The minimum Gasteiger partial charge on any atom is -0.486 e. The van der Waals surface area contributed by atoms with Crippen LogP contribution in [-0.2, 0) is 6.54 Å². The Hall–Kier alpha value is -3.61. The van der Waals surface area contributed by atoms with Gasteiger partial charge in [0, 0.05) is 18.3 Å². The molecule has 0 fully saturated rings. The largest absolute Gasteiger partial charge is 0.486 e. The summed E-state index contributed by atoms with van der Waals surface area (Å²) in [5.41, 5.74) is 3.21. The number of nitrogens with one attached hydrogen (secondary N) is 2. The van der Waals surface area contributed by atoms with E-state index >= 15 is 0 Å². The Bertz CT molecular complexity index is 972. The lowest BCUT2D eigenvalue weighted by Gasteiger charge is -2.18. The summed E-state index contributed by atoms with van der Waals surface area (Å²) in [6, 6.07) is 13.5. The Labute approximate surface area is 162 Å². The van der Waals surface area contributed by atoms with Gasteiger partial charge in [-0.25, -0.2) is 9.97 Å². The van der Waals surface area contributed by atoms with Gasteiger partial charge in [0.15, 0.2) is 11.5 Å². The summed E-state index contributed by atoms with van der Waals surface area (Å²) in [4.78, 5) is 20.9. The molecule has 0 unspecified atom stereocenters. The molecule has 3 aromatic rings. The Morgan fingerprint density at radius 2 is 1.79 bits per heavy atom. The number of carbonyl (C=O) groups is 1. The van der Waals surface area contributed by atoms with E-state index in [1.165, 1.54) is 11.8 Å². The molecule has 4 rings (SSSR count). The summed E-state index contributed by atoms with van der Waals surface area (Å²) in [5.74, 6) is 1.56. The molecule has 1 aromatic heterocycles. The van der Waals surface area contributed by atoms with Crippen molar-refractivity contribution < 1.29 is 14.3 Å². The second kappa shape index (κ2) is 7.96. The van der Waals surface area contributed by atoms with E-state index in [2.05, 4.69) is 51.8 Å². The van der Waals surface area contributed by atoms with E-state index in [4.69, 9.17) is 9.47 Å². The first-order chi connectivity index (χ1) is 13.7. The molecular weight excluding hydrogens is 356 g/mol. The van der Waals surface area contributed by atoms with Crippen molar-refractivity contribution in [3.63, 3.8) is 0 Å². The molecular formula is C21H20N4O3. The number of aryl methyl sites for hydroxylation is 1. The van der Waals surface area contributed by atoms with Crippen LogP contribution in [0.15, 0.2) is 54.9 Å². The monoisotopic (exact) mass is 376 g/mol. The predicted octanol–water partition coefficient (Wildman–Crippen LogP) is 3.42. The first-order valence-electron chi connectivity index (χ1n) is 9.00. The maximum absolute atomic E-state index is 12.4. The summed E-state index contributed by atoms with van der Waals surface area (Å²) in [6.45, 7) is 3.71. The van der Waals surface area contributed by atoms with Crippen LogP contribution in [-0.4, -0.2) is 29.1 Å². The molecule has 7 heteroatoms. The van der Waals surface area contributed by atoms with Crippen molar-refractivity contribution in [3.05, 3.63) is 71.7 Å². The van der Waals surface area contributed by atoms with Crippen LogP contribution >= 0.6 is 0 Å². The van der Waals surface area contributed by atoms with Crippen LogP contribution in [0.2, 0.25) is 0 Å². The van der Waals surface area contributed by atoms with Crippen LogP contribution in [0.4, 0.5) is 11.5 Å². The molecule has 2 heterocycles. The number of anilines is 2. The normalized spacial score (nSPS) is 12.3. The average molecular weight is 376 g/mol. The maximum Gasteiger partial charge on any atom is 0.275 e. The fraction of sp³-hybridized carbons (Fsp3) is 0.190. The van der Waals surface area contributed by atoms with E-state index in [1.54, 1.807) is 24.4 Å². The van der Waals surface area contributed by atoms with Gasteiger partial charge in [0.2, 0.25) is 0 Å². The van der Waals surface area contributed by atoms with Crippen LogP contribution in [0.5, 0.6) is 11.5 Å². The molecule has 142 valence electrons. The van der Waals surface area contributed by atoms with Crippen LogP contribution < -0.4 is 20.1 Å². The summed E-state index contributed by atoms with van der Waals surface area (Å²) in [7, 11) is 0. The number of hydrogen-bond donors (Lipinski definition) is 2. The number of fused-ring (bicyclic) bond motifs is 1. The van der Waals surface area contributed by atoms with Crippen molar-refractivity contribution in [2.45, 2.75) is 13.5 Å². The lowest BCUT2D eigenvalue weighted by Crippen LogP contribution is -2.17. The van der Waals surface area contributed by atoms with Crippen LogP contribution in [0, 0.1) is 6.92 Å². The summed E-state index contributed by atoms with van der Waals surface area (Å²) < 4.78 is 11.0. The van der Waals surface area contributed by atoms with Gasteiger partial charge in [-0.1, -0.05) is 29.8 Å². The van der Waals surface area contributed by atoms with E-state index in [0.29, 0.717) is 42.8 Å². The minimum absolute atomic E-state index is 0.232. The second-order valence-electron chi connectivity index (χ2n) is 6.44. The molecule has 0 saturated carbocycles. The van der Waals surface area contributed by atoms with Gasteiger partial charge < -0.3 is 20.1 Å². The summed E-state index contributed by atoms with van der Waals surface area (Å²) in [6.07, 6.45) is 3.00. The zero-order chi connectivity index (χ0) is 19.3. The van der Waals surface area contributed by atoms with Gasteiger partial charge in [-0.3, -0.25) is 4.79 Å². The van der Waals surface area contributed by atoms with Gasteiger partial charge in [0.1, 0.15) is 24.7 Å². The molecule has 0 radical (unpaired) electrons. The van der Waals surface area contributed by atoms with Gasteiger partial charge >= 0.3 is 0 Å². The highest BCUT2D eigenvalue weighted by molar-refractivity contribution is 6.02. The molecule has 28 heavy (non-hydrogen) atoms. The molecule has 0 bridgehead atoms. The molecule has 0 atom stereocenters. The molecule has 0 saturated heterocycles. The fourth-order valence-electron chi connectivity index (χ4n) is 2.75. The zero-order valence-electron chi connectivity index (χ0n) is 15.4. The van der Waals surface area contributed by atoms with E-state index in [0.717, 1.165) is 5.56 Å². The smallest absolute Gasteiger partial charge is 0.275 e. The molecule has 1 amide bonds. The number of amides is 1. The van der Waals surface area contributed by atoms with Gasteiger partial charge in [-0.15, -0.1) is 0 Å². The minimum atomic E-state index is -0.339. The Morgan fingerprint density at radius 1 is 1.00 bits per heavy atom. The molecule has 0 spiro atoms. The molecule has 7 nitrogen and oxygen atoms in total. The third-order valence-electron chi connectivity index (χ3n) is 4.28. The van der Waals surface area contributed by atoms with Crippen LogP contribution in [0.3, 0.4) is 0 Å². The van der Waals surface area contributed by atoms with Crippen LogP contribution in [0.25, 0.3) is 0 Å². The average Bonchev–Trinajstić information content (AvgIpc) is 2.73. The van der Waals surface area contributed by atoms with E-state index in [1.807, 2.05) is 0 Å². The summed E-state index contributed by atoms with van der Waals surface area (Å²) >= 11 is 0. The van der Waals surface area contributed by atoms with Gasteiger partial charge in [-0.05, 0) is 24.6 Å². The number of hydrogen-bond acceptors (Lipinski definition) is 6. The van der Waals surface area contributed by atoms with Crippen molar-refractivity contribution in [1.82, 2.24) is 9.97 Å². The maximum atomic E-state index is 12.4. The van der Waals surface area contributed by atoms with Gasteiger partial charge in [0.05, 0.1) is 12.4 Å². The zero-order valence-corrected chi connectivity index (χ0v) is 15.4. The topological polar surface area (TPSA) is 85.4 Å². The molecule has 1 aliphatic heterocycles. The highest BCUT2D eigenvalue weighted by atomic mass is 16.6. The summed E-state index contributed by atoms with van der Waals surface area (Å²) in [5, 5.41) is 5.99. The Balaban J connectivity index is 1.36. The fourth-order valence-corrected chi connectivity index (χ4v) is 2.75. The molecule has 2 aromatic carbocycles.